The Labute approximate surface area is 502 Å². The highest BCUT2D eigenvalue weighted by Crippen LogP contribution is 2.30. The van der Waals surface area contributed by atoms with Crippen molar-refractivity contribution in [3.8, 4) is 0 Å². The Balaban J connectivity index is 0.000000521. The number of anilines is 4. The fourth-order valence-corrected chi connectivity index (χ4v) is 19.4. The molecule has 0 spiro atoms. The first-order valence-corrected chi connectivity index (χ1v) is 44.8. The molecule has 0 aromatic carbocycles. The minimum atomic E-state index is -1.56. The predicted molar refractivity (Wildman–Crippen MR) is 327 cm³/mol. The molecule has 2 unspecified atom stereocenters. The van der Waals surface area contributed by atoms with Crippen LogP contribution in [0.4, 0.5) is 23.8 Å². The van der Waals surface area contributed by atoms with Crippen LogP contribution in [0.1, 0.15) is 65.8 Å². The van der Waals surface area contributed by atoms with E-state index in [1.807, 2.05) is 20.8 Å². The summed E-state index contributed by atoms with van der Waals surface area (Å²) in [6, 6.07) is 2.36. The molecule has 85 heavy (non-hydrogen) atoms. The van der Waals surface area contributed by atoms with Gasteiger partial charge >= 0.3 is 29.3 Å². The Morgan fingerprint density at radius 3 is 1.44 bits per heavy atom. The van der Waals surface area contributed by atoms with E-state index in [0.29, 0.717) is 54.1 Å². The van der Waals surface area contributed by atoms with Gasteiger partial charge in [-0.15, -0.1) is 0 Å². The fourth-order valence-electron chi connectivity index (χ4n) is 7.24. The van der Waals surface area contributed by atoms with E-state index in [4.69, 9.17) is 40.3 Å². The van der Waals surface area contributed by atoms with Crippen LogP contribution < -0.4 is 37.5 Å². The second-order valence-corrected chi connectivity index (χ2v) is 46.8. The Morgan fingerprint density at radius 1 is 0.635 bits per heavy atom. The van der Waals surface area contributed by atoms with Crippen LogP contribution in [0.3, 0.4) is 0 Å². The number of aliphatic hydroxyl groups is 3. The van der Waals surface area contributed by atoms with E-state index in [1.54, 1.807) is 0 Å². The van der Waals surface area contributed by atoms with Crippen LogP contribution >= 0.6 is 0 Å². The summed E-state index contributed by atoms with van der Waals surface area (Å²) in [7, 11) is -7.97. The number of H-pyrrole nitrogens is 1. The third-order valence-electron chi connectivity index (χ3n) is 10.2. The van der Waals surface area contributed by atoms with E-state index in [1.165, 1.54) is 33.4 Å². The molecule has 2 aliphatic rings. The van der Waals surface area contributed by atoms with Crippen LogP contribution in [0.5, 0.6) is 0 Å². The summed E-state index contributed by atoms with van der Waals surface area (Å²) in [5, 5.41) is 28.1. The van der Waals surface area contributed by atoms with Gasteiger partial charge in [0.15, 0.2) is 12.3 Å². The number of rotatable bonds is 18. The summed E-state index contributed by atoms with van der Waals surface area (Å²) >= 11 is 0. The number of nitrogen functional groups attached to an aromatic ring is 2. The summed E-state index contributed by atoms with van der Waals surface area (Å²) in [5.74, 6) is 0.698. The quantitative estimate of drug-likeness (QED) is 0.0388. The summed E-state index contributed by atoms with van der Waals surface area (Å²) in [5.41, 5.74) is 9.03. The van der Waals surface area contributed by atoms with E-state index < -0.39 is 135 Å². The monoisotopic (exact) mass is 1300 g/mol. The molecule has 2 saturated heterocycles. The second-order valence-electron chi connectivity index (χ2n) is 23.0. The number of hydrogen-bond acceptors (Lipinski definition) is 30. The first-order valence-electron chi connectivity index (χ1n) is 27.1. The van der Waals surface area contributed by atoms with Crippen molar-refractivity contribution < 1.29 is 62.3 Å². The molecule has 0 aliphatic carbocycles. The molecule has 0 saturated carbocycles. The highest BCUT2D eigenvalue weighted by molar-refractivity contribution is 6.90. The molecular weight excluding hydrogens is 1210 g/mol. The Hall–Kier alpha value is -6.09. The van der Waals surface area contributed by atoms with Crippen molar-refractivity contribution in [3.63, 3.8) is 0 Å². The maximum atomic E-state index is 11.5. The third kappa shape index (κ3) is 32.8. The Bertz CT molecular complexity index is 2790. The van der Waals surface area contributed by atoms with Gasteiger partial charge in [0.1, 0.15) is 94.3 Å². The molecule has 2 aliphatic heterocycles. The summed E-state index contributed by atoms with van der Waals surface area (Å²) in [6.07, 6.45) is -2.36. The van der Waals surface area contributed by atoms with Crippen LogP contribution in [0.15, 0.2) is 34.9 Å². The largest absolute Gasteiger partial charge is 0.456 e. The van der Waals surface area contributed by atoms with Crippen molar-refractivity contribution >= 4 is 92.0 Å². The van der Waals surface area contributed by atoms with Crippen molar-refractivity contribution in [2.24, 2.45) is 0 Å². The van der Waals surface area contributed by atoms with Crippen molar-refractivity contribution in [1.82, 2.24) is 64.0 Å². The van der Waals surface area contributed by atoms with Crippen LogP contribution in [-0.4, -0.2) is 192 Å². The van der Waals surface area contributed by atoms with Gasteiger partial charge in [0.2, 0.25) is 36.2 Å². The first-order chi connectivity index (χ1) is 39.2. The average Bonchev–Trinajstić information content (AvgIpc) is 3.14. The van der Waals surface area contributed by atoms with E-state index in [9.17, 15) is 43.1 Å². The number of nitrogens with two attached hydrogens (primary N) is 2. The lowest BCUT2D eigenvalue weighted by atomic mass is 10.1. The zero-order valence-corrected chi connectivity index (χ0v) is 58.0. The molecule has 0 radical (unpaired) electrons. The van der Waals surface area contributed by atoms with E-state index >= 15 is 0 Å². The van der Waals surface area contributed by atoms with Gasteiger partial charge in [-0.05, 0) is 18.5 Å². The fraction of sp³-hybridized carbons (Fsp3) is 0.681. The van der Waals surface area contributed by atoms with E-state index in [0.717, 1.165) is 17.2 Å². The minimum Gasteiger partial charge on any atom is -0.456 e. The SMILES string of the molecule is CC[C@H]1O[C@@H](OC(C)=O)[C@@H](OC(C)=O)C1OC(C)=O.CC[Si](=O)Cc1ncnc(N[Si](C)(C)C)n1.CC[Si](=O)Cc1ncnc(N[Si](C)(C)C)n1.C[Si](C)(C)N[Si](C)(C)C.Nc1ncn([C@@H]2O[C@H](CO)C(O)[C@@H]2O)c(=O)n1.Nc1ncnc(=O)[nH]1. The summed E-state index contributed by atoms with van der Waals surface area (Å²) in [4.78, 5) is 102. The third-order valence-corrected chi connectivity index (χ3v) is 21.1. The molecule has 0 bridgehead atoms. The standard InChI is InChI=1S/C12H18O7.2C9H18N4OSi2.C8H12N4O5.C6H19NSi2.C3H4N4O/c1-5-9-10(16-6(2)13)11(17-7(3)14)12(19-9)18-8(4)15;2*1-5-15(14)6-8-10-7-11-9(12-8)13-16(2,3)4;9-7-10-2-12(8(16)11-7)6-5(15)4(14)3(1-13)17-6;1-8(2,3)7-9(4,5)6;4-2-5-1-6-3(8)7-2/h9-12H,5H2,1-4H3;2*7H,5-6H2,1-4H3,(H,10,11,12,13);2-6,13-15H,1H2,(H2,9,11,16);7H,1-6H3;1H,(H3,4,5,6,7,8)/t9-,10?,11+,12-;;;3-,4?,5+,6-;;/m1..1../s1. The van der Waals surface area contributed by atoms with Gasteiger partial charge in [0.05, 0.1) is 18.7 Å². The maximum absolute atomic E-state index is 11.5. The Kier molecular flexibility index (Phi) is 32.7. The maximum Gasteiger partial charge on any atom is 0.354 e. The van der Waals surface area contributed by atoms with Crippen molar-refractivity contribution in [2.45, 2.75) is 200 Å². The number of nitrogens with zero attached hydrogens (tertiary/aromatic N) is 11. The van der Waals surface area contributed by atoms with Crippen LogP contribution in [0.2, 0.25) is 90.7 Å². The number of aromatic amines is 1. The van der Waals surface area contributed by atoms with Crippen molar-refractivity contribution in [3.05, 3.63) is 57.9 Å². The number of aliphatic hydroxyl groups excluding tert-OH is 3. The lowest BCUT2D eigenvalue weighted by Crippen LogP contribution is -2.55. The van der Waals surface area contributed by atoms with E-state index in [2.05, 4.69) is 148 Å². The Morgan fingerprint density at radius 2 is 1.09 bits per heavy atom. The number of nitrogens with one attached hydrogen (secondary N) is 4. The van der Waals surface area contributed by atoms with Gasteiger partial charge in [-0.1, -0.05) is 99.3 Å². The number of carbonyl (C=O) groups excluding carboxylic acids is 3. The van der Waals surface area contributed by atoms with Gasteiger partial charge in [-0.25, -0.2) is 39.5 Å². The molecule has 2 fully saturated rings. The molecule has 11 N–H and O–H groups in total. The number of esters is 3. The van der Waals surface area contributed by atoms with Crippen LogP contribution in [-0.2, 0) is 59.1 Å². The predicted octanol–water partition coefficient (Wildman–Crippen LogP) is 1.66. The molecule has 6 rings (SSSR count). The lowest BCUT2D eigenvalue weighted by molar-refractivity contribution is -0.195. The van der Waals surface area contributed by atoms with Gasteiger partial charge in [-0.2, -0.15) is 19.9 Å². The molecule has 0 amide bonds. The molecule has 32 nitrogen and oxygen atoms in total. The number of ether oxygens (including phenoxy) is 5. The zero-order valence-electron chi connectivity index (χ0n) is 52.0. The smallest absolute Gasteiger partial charge is 0.354 e. The summed E-state index contributed by atoms with van der Waals surface area (Å²) in [6.45, 7) is 36.0. The lowest BCUT2D eigenvalue weighted by Gasteiger charge is -2.28. The average molecular weight is 1300 g/mol. The molecule has 38 heteroatoms. The van der Waals surface area contributed by atoms with Crippen molar-refractivity contribution in [1.29, 1.82) is 0 Å². The zero-order chi connectivity index (χ0) is 65.2. The second kappa shape index (κ2) is 36.1. The molecule has 6 heterocycles. The van der Waals surface area contributed by atoms with Gasteiger partial charge in [-0.3, -0.25) is 23.9 Å². The van der Waals surface area contributed by atoms with Crippen molar-refractivity contribution in [2.75, 3.05) is 28.0 Å². The van der Waals surface area contributed by atoms with Gasteiger partial charge < -0.3 is 74.0 Å². The topological polar surface area (TPSA) is 464 Å². The molecule has 4 aromatic rings. The molecule has 476 valence electrons. The van der Waals surface area contributed by atoms with Crippen LogP contribution in [0.25, 0.3) is 0 Å². The number of aromatic nitrogens is 12. The van der Waals surface area contributed by atoms with E-state index in [-0.39, 0.29) is 11.9 Å². The van der Waals surface area contributed by atoms with Gasteiger partial charge in [0.25, 0.3) is 17.4 Å². The molecule has 8 atom stereocenters. The number of hydrogen-bond donors (Lipinski definition) is 9. The van der Waals surface area contributed by atoms with Gasteiger partial charge in [0, 0.05) is 20.8 Å². The number of carbonyl (C=O) groups is 3. The minimum absolute atomic E-state index is 0.0880. The van der Waals surface area contributed by atoms with Crippen LogP contribution in [0, 0.1) is 0 Å². The first kappa shape index (κ1) is 76.9. The summed E-state index contributed by atoms with van der Waals surface area (Å²) < 4.78 is 53.2. The normalized spacial score (nSPS) is 19.8. The molecular formula is C47H89N17O15Si6. The highest BCUT2D eigenvalue weighted by atomic mass is 28.4. The molecule has 4 aromatic heterocycles. The highest BCUT2D eigenvalue weighted by Gasteiger charge is 2.50.